The Kier molecular flexibility index (Phi) is 2.08. The fraction of sp³-hybridized carbons (Fsp3) is 0.778. The second-order valence-corrected chi connectivity index (χ2v) is 4.36. The van der Waals surface area contributed by atoms with Gasteiger partial charge in [0.1, 0.15) is 11.4 Å². The van der Waals surface area contributed by atoms with E-state index in [4.69, 9.17) is 0 Å². The van der Waals surface area contributed by atoms with Gasteiger partial charge in [-0.2, -0.15) is 0 Å². The third kappa shape index (κ3) is 1.53. The Balaban J connectivity index is 2.11. The number of rotatable bonds is 1. The van der Waals surface area contributed by atoms with E-state index in [1.54, 1.807) is 13.8 Å². The van der Waals surface area contributed by atoms with Crippen LogP contribution in [-0.4, -0.2) is 41.1 Å². The fourth-order valence-electron chi connectivity index (χ4n) is 1.74. The highest BCUT2D eigenvalue weighted by Gasteiger charge is 2.38. The summed E-state index contributed by atoms with van der Waals surface area (Å²) in [6.07, 6.45) is 0.290. The number of aliphatic hydroxyl groups is 1. The summed E-state index contributed by atoms with van der Waals surface area (Å²) in [6.45, 7) is 4.13. The molecule has 2 atom stereocenters. The largest absolute Gasteiger partial charge is 0.392 e. The molecule has 0 radical (unpaired) electrons. The molecule has 1 unspecified atom stereocenters. The Bertz CT molecular complexity index is 298. The van der Waals surface area contributed by atoms with E-state index in [1.165, 1.54) is 0 Å². The zero-order valence-corrected chi connectivity index (χ0v) is 8.37. The molecule has 1 amide bonds. The van der Waals surface area contributed by atoms with Gasteiger partial charge in [-0.3, -0.25) is 9.79 Å². The van der Waals surface area contributed by atoms with Crippen LogP contribution in [0.3, 0.4) is 0 Å². The van der Waals surface area contributed by atoms with Gasteiger partial charge in [-0.05, 0) is 20.3 Å². The monoisotopic (exact) mass is 197 g/mol. The van der Waals surface area contributed by atoms with Gasteiger partial charge in [0.25, 0.3) is 5.91 Å². The summed E-state index contributed by atoms with van der Waals surface area (Å²) in [6, 6.07) is -0.00396. The molecular weight excluding hydrogens is 182 g/mol. The topological polar surface area (TPSA) is 73.7 Å². The maximum Gasteiger partial charge on any atom is 0.252 e. The summed E-state index contributed by atoms with van der Waals surface area (Å²) in [7, 11) is 0. The predicted molar refractivity (Wildman–Crippen MR) is 52.1 cm³/mol. The number of carbonyl (C=O) groups excluding carboxylic acids is 1. The number of aliphatic hydroxyl groups excluding tert-OH is 1. The van der Waals surface area contributed by atoms with Gasteiger partial charge < -0.3 is 15.7 Å². The average molecular weight is 197 g/mol. The quantitative estimate of drug-likeness (QED) is 0.505. The van der Waals surface area contributed by atoms with Crippen LogP contribution in [0.15, 0.2) is 4.99 Å². The maximum absolute atomic E-state index is 11.4. The Morgan fingerprint density at radius 2 is 2.29 bits per heavy atom. The molecule has 78 valence electrons. The molecule has 0 aromatic carbocycles. The van der Waals surface area contributed by atoms with Gasteiger partial charge in [-0.15, -0.1) is 0 Å². The molecule has 2 rings (SSSR count). The smallest absolute Gasteiger partial charge is 0.252 e. The lowest BCUT2D eigenvalue weighted by molar-refractivity contribution is -0.122. The van der Waals surface area contributed by atoms with Crippen LogP contribution in [0.4, 0.5) is 0 Å². The Morgan fingerprint density at radius 1 is 1.57 bits per heavy atom. The molecule has 5 heteroatoms. The highest BCUT2D eigenvalue weighted by Crippen LogP contribution is 2.18. The Hall–Kier alpha value is -0.940. The minimum Gasteiger partial charge on any atom is -0.392 e. The highest BCUT2D eigenvalue weighted by molar-refractivity contribution is 6.09. The molecule has 0 aliphatic carbocycles. The average Bonchev–Trinajstić information content (AvgIpc) is 2.58. The van der Waals surface area contributed by atoms with Gasteiger partial charge in [-0.25, -0.2) is 0 Å². The van der Waals surface area contributed by atoms with E-state index in [-0.39, 0.29) is 18.1 Å². The van der Waals surface area contributed by atoms with E-state index in [0.29, 0.717) is 18.8 Å². The molecule has 1 fully saturated rings. The van der Waals surface area contributed by atoms with Gasteiger partial charge in [0.15, 0.2) is 0 Å². The number of aliphatic imine (C=N–C) groups is 1. The molecule has 0 aromatic rings. The summed E-state index contributed by atoms with van der Waals surface area (Å²) in [5.41, 5.74) is -0.662. The molecule has 0 aromatic heterocycles. The molecule has 0 saturated carbocycles. The van der Waals surface area contributed by atoms with Crippen molar-refractivity contribution in [2.45, 2.75) is 38.0 Å². The third-order valence-electron chi connectivity index (χ3n) is 2.63. The summed E-state index contributed by atoms with van der Waals surface area (Å²) in [5, 5.41) is 15.2. The van der Waals surface area contributed by atoms with Gasteiger partial charge in [0, 0.05) is 6.54 Å². The van der Waals surface area contributed by atoms with Crippen molar-refractivity contribution in [2.75, 3.05) is 6.54 Å². The number of nitrogens with zero attached hydrogens (tertiary/aromatic N) is 1. The molecule has 1 saturated heterocycles. The first-order valence-corrected chi connectivity index (χ1v) is 4.82. The number of amidine groups is 1. The number of hydrogen-bond acceptors (Lipinski definition) is 4. The first-order valence-electron chi connectivity index (χ1n) is 4.82. The zero-order valence-electron chi connectivity index (χ0n) is 8.37. The van der Waals surface area contributed by atoms with Crippen molar-refractivity contribution in [3.05, 3.63) is 0 Å². The molecule has 2 aliphatic rings. The van der Waals surface area contributed by atoms with E-state index in [9.17, 15) is 9.90 Å². The van der Waals surface area contributed by atoms with Crippen molar-refractivity contribution >= 4 is 11.7 Å². The van der Waals surface area contributed by atoms with Crippen molar-refractivity contribution < 1.29 is 9.90 Å². The van der Waals surface area contributed by atoms with Crippen molar-refractivity contribution in [3.63, 3.8) is 0 Å². The lowest BCUT2D eigenvalue weighted by Gasteiger charge is -2.08. The van der Waals surface area contributed by atoms with Crippen molar-refractivity contribution in [3.8, 4) is 0 Å². The number of nitrogens with one attached hydrogen (secondary N) is 2. The summed E-state index contributed by atoms with van der Waals surface area (Å²) in [5.74, 6) is 0.590. The van der Waals surface area contributed by atoms with Crippen molar-refractivity contribution in [1.82, 2.24) is 10.6 Å². The summed E-state index contributed by atoms with van der Waals surface area (Å²) in [4.78, 5) is 15.7. The molecular formula is C9H15N3O2. The van der Waals surface area contributed by atoms with Crippen LogP contribution in [0.1, 0.15) is 20.3 Å². The molecule has 2 aliphatic heterocycles. The minimum atomic E-state index is -0.662. The van der Waals surface area contributed by atoms with Crippen LogP contribution >= 0.6 is 0 Å². The van der Waals surface area contributed by atoms with Crippen LogP contribution in [0, 0.1) is 0 Å². The predicted octanol–water partition coefficient (Wildman–Crippen LogP) is -0.984. The van der Waals surface area contributed by atoms with Crippen molar-refractivity contribution in [2.24, 2.45) is 4.99 Å². The van der Waals surface area contributed by atoms with Gasteiger partial charge in [0.2, 0.25) is 0 Å². The Morgan fingerprint density at radius 3 is 2.71 bits per heavy atom. The van der Waals surface area contributed by atoms with Crippen LogP contribution in [-0.2, 0) is 4.79 Å². The maximum atomic E-state index is 11.4. The van der Waals surface area contributed by atoms with Crippen LogP contribution in [0.5, 0.6) is 0 Å². The second kappa shape index (κ2) is 3.03. The first-order chi connectivity index (χ1) is 6.49. The van der Waals surface area contributed by atoms with Crippen molar-refractivity contribution in [1.29, 1.82) is 0 Å². The summed E-state index contributed by atoms with van der Waals surface area (Å²) < 4.78 is 0. The molecule has 0 spiro atoms. The Labute approximate surface area is 82.6 Å². The third-order valence-corrected chi connectivity index (χ3v) is 2.63. The number of carbonyl (C=O) groups is 1. The van der Waals surface area contributed by atoms with Gasteiger partial charge >= 0.3 is 0 Å². The van der Waals surface area contributed by atoms with E-state index in [2.05, 4.69) is 15.6 Å². The number of hydrogen-bond donors (Lipinski definition) is 3. The van der Waals surface area contributed by atoms with Gasteiger partial charge in [-0.1, -0.05) is 0 Å². The van der Waals surface area contributed by atoms with Crippen LogP contribution in [0.2, 0.25) is 0 Å². The normalized spacial score (nSPS) is 35.6. The highest BCUT2D eigenvalue weighted by atomic mass is 16.3. The molecule has 0 bridgehead atoms. The van der Waals surface area contributed by atoms with E-state index in [0.717, 1.165) is 0 Å². The number of amides is 1. The second-order valence-electron chi connectivity index (χ2n) is 4.36. The molecule has 14 heavy (non-hydrogen) atoms. The van der Waals surface area contributed by atoms with Crippen LogP contribution in [0.25, 0.3) is 0 Å². The van der Waals surface area contributed by atoms with E-state index >= 15 is 0 Å². The SMILES string of the molecule is CC1(C)N=C(C2C[C@@H](O)CN2)NC1=O. The number of β-amino-alcohol motifs (C(OH)–C–C–N with tert-alkyl or cyclic N) is 1. The van der Waals surface area contributed by atoms with E-state index in [1.807, 2.05) is 0 Å². The molecule has 2 heterocycles. The van der Waals surface area contributed by atoms with E-state index < -0.39 is 5.54 Å². The fourth-order valence-corrected chi connectivity index (χ4v) is 1.74. The first kappa shape index (κ1) is 9.61. The summed E-state index contributed by atoms with van der Waals surface area (Å²) >= 11 is 0. The standard InChI is InChI=1S/C9H15N3O2/c1-9(2)8(14)11-7(12-9)6-3-5(13)4-10-6/h5-6,10,13H,3-4H2,1-2H3,(H,11,12,14)/t5-,6?/m1/s1. The van der Waals surface area contributed by atoms with Crippen LogP contribution < -0.4 is 10.6 Å². The zero-order chi connectivity index (χ0) is 10.3. The lowest BCUT2D eigenvalue weighted by atomic mass is 10.1. The molecule has 3 N–H and O–H groups in total. The lowest BCUT2D eigenvalue weighted by Crippen LogP contribution is -2.41. The minimum absolute atomic E-state index is 0.00396. The van der Waals surface area contributed by atoms with Gasteiger partial charge in [0.05, 0.1) is 12.1 Å². The molecule has 5 nitrogen and oxygen atoms in total.